The molecule has 20 heavy (non-hydrogen) atoms. The summed E-state index contributed by atoms with van der Waals surface area (Å²) in [5.41, 5.74) is -0.858. The van der Waals surface area contributed by atoms with Crippen LogP contribution in [0.4, 0.5) is 22.0 Å². The average Bonchev–Trinajstić information content (AvgIpc) is 2.43. The first kappa shape index (κ1) is 15.2. The van der Waals surface area contributed by atoms with Crippen molar-refractivity contribution in [3.63, 3.8) is 0 Å². The molecule has 0 aromatic heterocycles. The van der Waals surface area contributed by atoms with E-state index in [4.69, 9.17) is 0 Å². The summed E-state index contributed by atoms with van der Waals surface area (Å²) in [7, 11) is 0. The Hall–Kier alpha value is -1.21. The molecule has 112 valence electrons. The van der Waals surface area contributed by atoms with Crippen LogP contribution in [0.3, 0.4) is 0 Å². The van der Waals surface area contributed by atoms with Crippen molar-refractivity contribution < 1.29 is 27.1 Å². The standard InChI is InChI=1S/C13H14F5NO/c1-6-2-3-19(5-8(6)20)4-7-9(14)11(16)13(18)12(17)10(7)15/h6,8,20H,2-5H2,1H3. The average molecular weight is 295 g/mol. The second-order valence-corrected chi connectivity index (χ2v) is 5.12. The Kier molecular flexibility index (Phi) is 4.29. The van der Waals surface area contributed by atoms with Gasteiger partial charge < -0.3 is 5.11 Å². The van der Waals surface area contributed by atoms with Crippen LogP contribution in [0, 0.1) is 35.0 Å². The Morgan fingerprint density at radius 3 is 2.00 bits per heavy atom. The fraction of sp³-hybridized carbons (Fsp3) is 0.538. The predicted molar refractivity (Wildman–Crippen MR) is 61.3 cm³/mol. The lowest BCUT2D eigenvalue weighted by Gasteiger charge is -2.34. The molecule has 2 rings (SSSR count). The summed E-state index contributed by atoms with van der Waals surface area (Å²) >= 11 is 0. The van der Waals surface area contributed by atoms with E-state index >= 15 is 0 Å². The van der Waals surface area contributed by atoms with E-state index in [0.717, 1.165) is 0 Å². The predicted octanol–water partition coefficient (Wildman–Crippen LogP) is 2.58. The highest BCUT2D eigenvalue weighted by molar-refractivity contribution is 5.24. The van der Waals surface area contributed by atoms with Gasteiger partial charge in [-0.3, -0.25) is 4.90 Å². The minimum atomic E-state index is -2.16. The third kappa shape index (κ3) is 2.64. The van der Waals surface area contributed by atoms with Crippen molar-refractivity contribution in [3.8, 4) is 0 Å². The van der Waals surface area contributed by atoms with Gasteiger partial charge in [0.25, 0.3) is 0 Å². The Morgan fingerprint density at radius 1 is 1.00 bits per heavy atom. The number of hydrogen-bond donors (Lipinski definition) is 1. The molecule has 2 atom stereocenters. The molecule has 0 aliphatic carbocycles. The summed E-state index contributed by atoms with van der Waals surface area (Å²) in [4.78, 5) is 1.48. The van der Waals surface area contributed by atoms with Crippen LogP contribution in [0.15, 0.2) is 0 Å². The second kappa shape index (κ2) is 5.65. The van der Waals surface area contributed by atoms with Crippen LogP contribution >= 0.6 is 0 Å². The molecule has 1 fully saturated rings. The summed E-state index contributed by atoms with van der Waals surface area (Å²) < 4.78 is 66.1. The minimum Gasteiger partial charge on any atom is -0.392 e. The molecule has 0 radical (unpaired) electrons. The molecule has 0 amide bonds. The lowest BCUT2D eigenvalue weighted by molar-refractivity contribution is 0.0248. The molecular formula is C13H14F5NO. The zero-order valence-electron chi connectivity index (χ0n) is 10.8. The summed E-state index contributed by atoms with van der Waals surface area (Å²) in [5, 5.41) is 9.68. The van der Waals surface area contributed by atoms with Crippen LogP contribution in [0.25, 0.3) is 0 Å². The van der Waals surface area contributed by atoms with E-state index in [1.54, 1.807) is 0 Å². The van der Waals surface area contributed by atoms with E-state index in [-0.39, 0.29) is 12.5 Å². The number of nitrogens with zero attached hydrogens (tertiary/aromatic N) is 1. The minimum absolute atomic E-state index is 0.0441. The van der Waals surface area contributed by atoms with Gasteiger partial charge in [-0.2, -0.15) is 0 Å². The number of hydrogen-bond acceptors (Lipinski definition) is 2. The van der Waals surface area contributed by atoms with Crippen molar-refractivity contribution in [2.24, 2.45) is 5.92 Å². The van der Waals surface area contributed by atoms with Crippen LogP contribution in [0.1, 0.15) is 18.9 Å². The van der Waals surface area contributed by atoms with Crippen LogP contribution in [-0.2, 0) is 6.54 Å². The number of benzene rings is 1. The van der Waals surface area contributed by atoms with E-state index in [2.05, 4.69) is 0 Å². The zero-order valence-corrected chi connectivity index (χ0v) is 10.8. The molecule has 1 aliphatic rings. The lowest BCUT2D eigenvalue weighted by Crippen LogP contribution is -2.42. The topological polar surface area (TPSA) is 23.5 Å². The molecule has 1 aliphatic heterocycles. The first-order chi connectivity index (χ1) is 9.32. The molecule has 0 spiro atoms. The van der Waals surface area contributed by atoms with Gasteiger partial charge in [0.2, 0.25) is 5.82 Å². The third-order valence-corrected chi connectivity index (χ3v) is 3.69. The fourth-order valence-electron chi connectivity index (χ4n) is 2.27. The maximum atomic E-state index is 13.5. The molecule has 1 heterocycles. The van der Waals surface area contributed by atoms with Gasteiger partial charge in [0.1, 0.15) is 0 Å². The van der Waals surface area contributed by atoms with Gasteiger partial charge in [0, 0.05) is 18.7 Å². The number of β-amino-alcohol motifs (C(OH)–C–C–N with tert-alkyl or cyclic N) is 1. The Bertz CT molecular complexity index is 493. The summed E-state index contributed by atoms with van der Waals surface area (Å²) in [6.07, 6.45) is -0.0821. The number of likely N-dealkylation sites (tertiary alicyclic amines) is 1. The van der Waals surface area contributed by atoms with Crippen molar-refractivity contribution in [3.05, 3.63) is 34.6 Å². The maximum absolute atomic E-state index is 13.5. The second-order valence-electron chi connectivity index (χ2n) is 5.12. The van der Waals surface area contributed by atoms with Gasteiger partial charge in [0.15, 0.2) is 23.3 Å². The highest BCUT2D eigenvalue weighted by Gasteiger charge is 2.29. The van der Waals surface area contributed by atoms with E-state index in [1.165, 1.54) is 4.90 Å². The number of halogens is 5. The van der Waals surface area contributed by atoms with E-state index in [9.17, 15) is 27.1 Å². The van der Waals surface area contributed by atoms with Gasteiger partial charge in [0.05, 0.1) is 6.10 Å². The molecule has 0 saturated carbocycles. The van der Waals surface area contributed by atoms with Crippen molar-refractivity contribution in [2.75, 3.05) is 13.1 Å². The zero-order chi connectivity index (χ0) is 15.0. The van der Waals surface area contributed by atoms with Crippen LogP contribution in [0.2, 0.25) is 0 Å². The highest BCUT2D eigenvalue weighted by Crippen LogP contribution is 2.26. The highest BCUT2D eigenvalue weighted by atomic mass is 19.2. The smallest absolute Gasteiger partial charge is 0.200 e. The Labute approximate surface area is 112 Å². The first-order valence-electron chi connectivity index (χ1n) is 6.23. The van der Waals surface area contributed by atoms with Crippen LogP contribution in [-0.4, -0.2) is 29.2 Å². The monoisotopic (exact) mass is 295 g/mol. The third-order valence-electron chi connectivity index (χ3n) is 3.69. The SMILES string of the molecule is CC1CCN(Cc2c(F)c(F)c(F)c(F)c2F)CC1O. The van der Waals surface area contributed by atoms with Crippen LogP contribution < -0.4 is 0 Å². The molecule has 2 unspecified atom stereocenters. The molecule has 0 bridgehead atoms. The molecule has 1 aromatic carbocycles. The van der Waals surface area contributed by atoms with E-state index in [1.807, 2.05) is 6.92 Å². The quantitative estimate of drug-likeness (QED) is 0.515. The number of piperidine rings is 1. The number of aliphatic hydroxyl groups excluding tert-OH is 1. The van der Waals surface area contributed by atoms with Gasteiger partial charge in [-0.1, -0.05) is 6.92 Å². The fourth-order valence-corrected chi connectivity index (χ4v) is 2.27. The normalized spacial score (nSPS) is 24.1. The summed E-state index contributed by atoms with van der Waals surface area (Å²) in [6.45, 7) is 1.98. The van der Waals surface area contributed by atoms with Gasteiger partial charge in [-0.05, 0) is 18.9 Å². The molecule has 2 nitrogen and oxygen atoms in total. The Balaban J connectivity index is 2.26. The number of aliphatic hydroxyl groups is 1. The van der Waals surface area contributed by atoms with Crippen molar-refractivity contribution in [1.82, 2.24) is 4.90 Å². The maximum Gasteiger partial charge on any atom is 0.200 e. The van der Waals surface area contributed by atoms with Crippen molar-refractivity contribution in [1.29, 1.82) is 0 Å². The van der Waals surface area contributed by atoms with Gasteiger partial charge in [-0.25, -0.2) is 22.0 Å². The summed E-state index contributed by atoms with van der Waals surface area (Å²) in [6, 6.07) is 0. The largest absolute Gasteiger partial charge is 0.392 e. The molecule has 1 saturated heterocycles. The van der Waals surface area contributed by atoms with Crippen LogP contribution in [0.5, 0.6) is 0 Å². The molecule has 1 aromatic rings. The van der Waals surface area contributed by atoms with E-state index < -0.39 is 47.3 Å². The lowest BCUT2D eigenvalue weighted by atomic mass is 9.95. The van der Waals surface area contributed by atoms with Gasteiger partial charge >= 0.3 is 0 Å². The first-order valence-corrected chi connectivity index (χ1v) is 6.23. The molecule has 7 heteroatoms. The molecular weight excluding hydrogens is 281 g/mol. The number of rotatable bonds is 2. The van der Waals surface area contributed by atoms with E-state index in [0.29, 0.717) is 13.0 Å². The van der Waals surface area contributed by atoms with Gasteiger partial charge in [-0.15, -0.1) is 0 Å². The van der Waals surface area contributed by atoms with Crippen molar-refractivity contribution >= 4 is 0 Å². The van der Waals surface area contributed by atoms with Crippen molar-refractivity contribution in [2.45, 2.75) is 26.0 Å². The summed E-state index contributed by atoms with van der Waals surface area (Å²) in [5.74, 6) is -9.61. The molecule has 1 N–H and O–H groups in total. The Morgan fingerprint density at radius 2 is 1.50 bits per heavy atom.